The highest BCUT2D eigenvalue weighted by molar-refractivity contribution is 5.89. The van der Waals surface area contributed by atoms with Crippen LogP contribution in [-0.4, -0.2) is 41.1 Å². The number of carbonyl (C=O) groups is 2. The molecule has 0 radical (unpaired) electrons. The minimum atomic E-state index is -4.90. The van der Waals surface area contributed by atoms with Crippen LogP contribution in [0.1, 0.15) is 38.7 Å². The van der Waals surface area contributed by atoms with E-state index in [0.717, 1.165) is 10.5 Å². The van der Waals surface area contributed by atoms with E-state index in [4.69, 9.17) is 0 Å². The Hall–Kier alpha value is -2.05. The van der Waals surface area contributed by atoms with Crippen LogP contribution in [0, 0.1) is 5.41 Å². The Morgan fingerprint density at radius 3 is 2.12 bits per heavy atom. The predicted molar refractivity (Wildman–Crippen MR) is 86.0 cm³/mol. The summed E-state index contributed by atoms with van der Waals surface area (Å²) in [6.07, 6.45) is -4.67. The van der Waals surface area contributed by atoms with Crippen LogP contribution in [-0.2, 0) is 15.0 Å². The molecule has 0 aromatic heterocycles. The molecule has 1 aromatic rings. The van der Waals surface area contributed by atoms with E-state index >= 15 is 0 Å². The number of nitrogens with zero attached hydrogens (tertiary/aromatic N) is 1. The molecule has 25 heavy (non-hydrogen) atoms. The smallest absolute Gasteiger partial charge is 0.406 e. The van der Waals surface area contributed by atoms with Crippen LogP contribution in [0.2, 0.25) is 0 Å². The van der Waals surface area contributed by atoms with Crippen molar-refractivity contribution in [3.63, 3.8) is 0 Å². The summed E-state index contributed by atoms with van der Waals surface area (Å²) in [6.45, 7) is 2.59. The second-order valence-electron chi connectivity index (χ2n) is 6.52. The minimum Gasteiger partial charge on any atom is -0.481 e. The Morgan fingerprint density at radius 2 is 1.72 bits per heavy atom. The summed E-state index contributed by atoms with van der Waals surface area (Å²) in [7, 11) is 0. The number of halogens is 3. The number of aliphatic carboxylic acids is 1. The maximum atomic E-state index is 13.4. The van der Waals surface area contributed by atoms with Gasteiger partial charge in [0.05, 0.1) is 5.41 Å². The molecule has 1 heterocycles. The van der Waals surface area contributed by atoms with Gasteiger partial charge < -0.3 is 10.0 Å². The fourth-order valence-electron chi connectivity index (χ4n) is 3.65. The molecule has 7 heteroatoms. The molecule has 2 rings (SSSR count). The second-order valence-corrected chi connectivity index (χ2v) is 6.52. The molecule has 1 saturated heterocycles. The molecular formula is C18H22F3NO3. The molecular weight excluding hydrogens is 335 g/mol. The maximum Gasteiger partial charge on any atom is 0.406 e. The van der Waals surface area contributed by atoms with Crippen molar-refractivity contribution < 1.29 is 27.9 Å². The number of carboxylic acids is 1. The molecule has 138 valence electrons. The molecule has 1 amide bonds. The Labute approximate surface area is 144 Å². The van der Waals surface area contributed by atoms with Crippen molar-refractivity contribution in [2.75, 3.05) is 13.1 Å². The highest BCUT2D eigenvalue weighted by Gasteiger charge is 2.64. The molecule has 1 aliphatic heterocycles. The van der Waals surface area contributed by atoms with Crippen molar-refractivity contribution in [3.05, 3.63) is 35.9 Å². The van der Waals surface area contributed by atoms with Gasteiger partial charge in [0, 0.05) is 13.1 Å². The van der Waals surface area contributed by atoms with Crippen molar-refractivity contribution in [1.29, 1.82) is 0 Å². The number of alkyl halides is 3. The minimum absolute atomic E-state index is 0.209. The zero-order valence-corrected chi connectivity index (χ0v) is 14.3. The first kappa shape index (κ1) is 19.3. The zero-order chi connectivity index (χ0) is 18.9. The summed E-state index contributed by atoms with van der Waals surface area (Å²) < 4.78 is 40.1. The van der Waals surface area contributed by atoms with Crippen LogP contribution < -0.4 is 0 Å². The van der Waals surface area contributed by atoms with Gasteiger partial charge in [-0.2, -0.15) is 13.2 Å². The Balaban J connectivity index is 2.38. The van der Waals surface area contributed by atoms with Gasteiger partial charge in [0.1, 0.15) is 0 Å². The van der Waals surface area contributed by atoms with Crippen molar-refractivity contribution in [3.8, 4) is 0 Å². The molecule has 1 N–H and O–H groups in total. The summed E-state index contributed by atoms with van der Waals surface area (Å²) in [6, 6.07) is 8.94. The summed E-state index contributed by atoms with van der Waals surface area (Å²) in [5, 5.41) is 9.18. The quantitative estimate of drug-likeness (QED) is 0.876. The maximum absolute atomic E-state index is 13.4. The monoisotopic (exact) mass is 357 g/mol. The lowest BCUT2D eigenvalue weighted by Gasteiger charge is -2.36. The number of carboxylic acid groups (broad SMARTS) is 1. The first-order valence-corrected chi connectivity index (χ1v) is 8.29. The van der Waals surface area contributed by atoms with Gasteiger partial charge >= 0.3 is 12.1 Å². The first-order chi connectivity index (χ1) is 11.6. The summed E-state index contributed by atoms with van der Waals surface area (Å²) in [4.78, 5) is 25.5. The lowest BCUT2D eigenvalue weighted by Crippen LogP contribution is -2.50. The average Bonchev–Trinajstić information content (AvgIpc) is 3.04. The summed E-state index contributed by atoms with van der Waals surface area (Å²) in [5.74, 6) is -2.36. The SMILES string of the molecule is CCC(CC)(C(=O)N1CCC(C(=O)O)(C(F)(F)F)C1)c1ccccc1. The molecule has 1 fully saturated rings. The van der Waals surface area contributed by atoms with Crippen molar-refractivity contribution in [2.24, 2.45) is 5.41 Å². The molecule has 1 unspecified atom stereocenters. The third-order valence-electron chi connectivity index (χ3n) is 5.45. The molecule has 4 nitrogen and oxygen atoms in total. The molecule has 1 aromatic carbocycles. The second kappa shape index (κ2) is 6.69. The first-order valence-electron chi connectivity index (χ1n) is 8.29. The van der Waals surface area contributed by atoms with E-state index < -0.39 is 41.8 Å². The van der Waals surface area contributed by atoms with Crippen LogP contribution in [0.5, 0.6) is 0 Å². The van der Waals surface area contributed by atoms with Gasteiger partial charge in [-0.05, 0) is 24.8 Å². The lowest BCUT2D eigenvalue weighted by atomic mass is 9.74. The number of likely N-dealkylation sites (tertiary alicyclic amines) is 1. The van der Waals surface area contributed by atoms with Crippen LogP contribution in [0.15, 0.2) is 30.3 Å². The van der Waals surface area contributed by atoms with E-state index in [2.05, 4.69) is 0 Å². The molecule has 0 bridgehead atoms. The third-order valence-corrected chi connectivity index (χ3v) is 5.45. The van der Waals surface area contributed by atoms with Crippen LogP contribution in [0.3, 0.4) is 0 Å². The van der Waals surface area contributed by atoms with Crippen LogP contribution >= 0.6 is 0 Å². The van der Waals surface area contributed by atoms with Crippen LogP contribution in [0.25, 0.3) is 0 Å². The largest absolute Gasteiger partial charge is 0.481 e. The fraction of sp³-hybridized carbons (Fsp3) is 0.556. The Morgan fingerprint density at radius 1 is 1.16 bits per heavy atom. The Kier molecular flexibility index (Phi) is 5.16. The number of benzene rings is 1. The average molecular weight is 357 g/mol. The zero-order valence-electron chi connectivity index (χ0n) is 14.3. The van der Waals surface area contributed by atoms with Gasteiger partial charge in [0.25, 0.3) is 0 Å². The highest BCUT2D eigenvalue weighted by Crippen LogP contribution is 2.47. The van der Waals surface area contributed by atoms with E-state index in [-0.39, 0.29) is 6.54 Å². The van der Waals surface area contributed by atoms with Gasteiger partial charge in [-0.1, -0.05) is 44.2 Å². The number of hydrogen-bond acceptors (Lipinski definition) is 2. The molecule has 0 spiro atoms. The van der Waals surface area contributed by atoms with E-state index in [1.165, 1.54) is 0 Å². The van der Waals surface area contributed by atoms with Gasteiger partial charge in [0.2, 0.25) is 5.91 Å². The van der Waals surface area contributed by atoms with E-state index in [1.54, 1.807) is 30.3 Å². The van der Waals surface area contributed by atoms with E-state index in [0.29, 0.717) is 12.8 Å². The van der Waals surface area contributed by atoms with E-state index in [1.807, 2.05) is 13.8 Å². The Bertz CT molecular complexity index is 641. The molecule has 1 aliphatic rings. The van der Waals surface area contributed by atoms with Crippen molar-refractivity contribution in [2.45, 2.75) is 44.7 Å². The number of hydrogen-bond donors (Lipinski definition) is 1. The third kappa shape index (κ3) is 3.00. The normalized spacial score (nSPS) is 21.4. The number of amides is 1. The molecule has 1 atom stereocenters. The van der Waals surface area contributed by atoms with Crippen LogP contribution in [0.4, 0.5) is 13.2 Å². The van der Waals surface area contributed by atoms with Gasteiger partial charge in [-0.15, -0.1) is 0 Å². The predicted octanol–water partition coefficient (Wildman–Crippen LogP) is 3.61. The lowest BCUT2D eigenvalue weighted by molar-refractivity contribution is -0.227. The fourth-order valence-corrected chi connectivity index (χ4v) is 3.65. The number of rotatable bonds is 5. The van der Waals surface area contributed by atoms with Gasteiger partial charge in [0.15, 0.2) is 5.41 Å². The van der Waals surface area contributed by atoms with Crippen molar-refractivity contribution >= 4 is 11.9 Å². The standard InChI is InChI=1S/C18H22F3NO3/c1-3-16(4-2,13-8-6-5-7-9-13)14(23)22-11-10-17(12-22,15(24)25)18(19,20)21/h5-9H,3-4,10-12H2,1-2H3,(H,24,25). The molecule has 0 aliphatic carbocycles. The topological polar surface area (TPSA) is 57.6 Å². The molecule has 0 saturated carbocycles. The summed E-state index contributed by atoms with van der Waals surface area (Å²) in [5.41, 5.74) is -3.08. The van der Waals surface area contributed by atoms with Crippen molar-refractivity contribution in [1.82, 2.24) is 4.90 Å². The van der Waals surface area contributed by atoms with Gasteiger partial charge in [-0.3, -0.25) is 9.59 Å². The van der Waals surface area contributed by atoms with E-state index in [9.17, 15) is 27.9 Å². The highest BCUT2D eigenvalue weighted by atomic mass is 19.4. The number of carbonyl (C=O) groups excluding carboxylic acids is 1. The van der Waals surface area contributed by atoms with Gasteiger partial charge in [-0.25, -0.2) is 0 Å². The summed E-state index contributed by atoms with van der Waals surface area (Å²) >= 11 is 0.